The van der Waals surface area contributed by atoms with Crippen LogP contribution in [0.2, 0.25) is 0 Å². The van der Waals surface area contributed by atoms with Crippen LogP contribution >= 0.6 is 11.8 Å². The van der Waals surface area contributed by atoms with Gasteiger partial charge in [0.2, 0.25) is 0 Å². The lowest BCUT2D eigenvalue weighted by molar-refractivity contribution is -0.149. The number of hydrogen-bond donors (Lipinski definition) is 2. The first-order chi connectivity index (χ1) is 14.0. The number of carbonyl (C=O) groups excluding carboxylic acids is 3. The lowest BCUT2D eigenvalue weighted by Crippen LogP contribution is -2.70. The van der Waals surface area contributed by atoms with Gasteiger partial charge < -0.3 is 20.1 Å². The lowest BCUT2D eigenvalue weighted by Gasteiger charge is -2.49. The number of nitrogens with zero attached hydrogens (tertiary/aromatic N) is 2. The highest BCUT2D eigenvalue weighted by molar-refractivity contribution is 8.00. The van der Waals surface area contributed by atoms with Gasteiger partial charge in [-0.05, 0) is 38.8 Å². The first-order valence-corrected chi connectivity index (χ1v) is 10.4. The molecular weight excluding hydrogens is 410 g/mol. The van der Waals surface area contributed by atoms with Gasteiger partial charge in [-0.25, -0.2) is 9.59 Å². The van der Waals surface area contributed by atoms with E-state index < -0.39 is 35.0 Å². The van der Waals surface area contributed by atoms with E-state index in [4.69, 9.17) is 11.2 Å². The predicted octanol–water partition coefficient (Wildman–Crippen LogP) is 0.925. The second kappa shape index (κ2) is 8.07. The number of terminal acetylenes is 1. The van der Waals surface area contributed by atoms with Gasteiger partial charge in [-0.2, -0.15) is 0 Å². The second-order valence-corrected chi connectivity index (χ2v) is 9.17. The van der Waals surface area contributed by atoms with Gasteiger partial charge in [0.25, 0.3) is 11.8 Å². The van der Waals surface area contributed by atoms with Gasteiger partial charge in [0, 0.05) is 17.9 Å². The zero-order chi connectivity index (χ0) is 22.2. The molecule has 3 heterocycles. The number of fused-ring (bicyclic) bond motifs is 1. The number of likely N-dealkylation sites (tertiary alicyclic amines) is 1. The van der Waals surface area contributed by atoms with Gasteiger partial charge in [0.1, 0.15) is 22.7 Å². The van der Waals surface area contributed by atoms with Crippen molar-refractivity contribution in [3.05, 3.63) is 22.9 Å². The zero-order valence-corrected chi connectivity index (χ0v) is 17.7. The molecule has 2 atom stereocenters. The molecule has 2 saturated heterocycles. The molecule has 0 aromatic heterocycles. The number of ether oxygens (including phenoxy) is 1. The Bertz CT molecular complexity index is 910. The molecule has 2 fully saturated rings. The summed E-state index contributed by atoms with van der Waals surface area (Å²) in [5, 5.41) is 11.7. The van der Waals surface area contributed by atoms with E-state index in [0.717, 1.165) is 4.90 Å². The highest BCUT2D eigenvalue weighted by Crippen LogP contribution is 2.41. The third-order valence-corrected chi connectivity index (χ3v) is 6.02. The van der Waals surface area contributed by atoms with Gasteiger partial charge in [0.05, 0.1) is 6.54 Å². The summed E-state index contributed by atoms with van der Waals surface area (Å²) in [4.78, 5) is 51.6. The van der Waals surface area contributed by atoms with E-state index in [0.29, 0.717) is 24.1 Å². The molecule has 9 nitrogen and oxygen atoms in total. The first-order valence-electron chi connectivity index (χ1n) is 9.37. The second-order valence-electron chi connectivity index (χ2n) is 8.06. The molecule has 0 radical (unpaired) electrons. The monoisotopic (exact) mass is 433 g/mol. The Kier molecular flexibility index (Phi) is 5.85. The lowest BCUT2D eigenvalue weighted by atomic mass is 10.0. The number of alkyl carbamates (subject to hydrolysis) is 1. The fourth-order valence-corrected chi connectivity index (χ4v) is 4.77. The number of β-lactam (4-membered cyclic amide) rings is 1. The number of carboxylic acids is 1. The Balaban J connectivity index is 1.80. The molecular formula is C20H23N3O6S. The van der Waals surface area contributed by atoms with E-state index in [9.17, 15) is 24.3 Å². The summed E-state index contributed by atoms with van der Waals surface area (Å²) in [5.41, 5.74) is -0.0297. The molecule has 10 heteroatoms. The first kappa shape index (κ1) is 21.8. The van der Waals surface area contributed by atoms with Crippen molar-refractivity contribution in [1.82, 2.24) is 15.1 Å². The normalized spacial score (nSPS) is 25.1. The number of hydrogen-bond acceptors (Lipinski definition) is 6. The molecule has 0 aromatic carbocycles. The molecule has 3 rings (SSSR count). The van der Waals surface area contributed by atoms with Crippen molar-refractivity contribution in [1.29, 1.82) is 0 Å². The van der Waals surface area contributed by atoms with E-state index in [-0.39, 0.29) is 23.9 Å². The number of carbonyl (C=O) groups is 4. The molecule has 0 aliphatic carbocycles. The average molecular weight is 433 g/mol. The predicted molar refractivity (Wildman–Crippen MR) is 109 cm³/mol. The topological polar surface area (TPSA) is 116 Å². The van der Waals surface area contributed by atoms with Crippen molar-refractivity contribution in [3.63, 3.8) is 0 Å². The minimum Gasteiger partial charge on any atom is -0.477 e. The van der Waals surface area contributed by atoms with Crippen LogP contribution in [0.25, 0.3) is 0 Å². The van der Waals surface area contributed by atoms with Gasteiger partial charge in [-0.1, -0.05) is 5.92 Å². The Labute approximate surface area is 178 Å². The highest BCUT2D eigenvalue weighted by atomic mass is 32.2. The van der Waals surface area contributed by atoms with E-state index in [1.165, 1.54) is 16.7 Å². The van der Waals surface area contributed by atoms with E-state index in [1.54, 1.807) is 26.8 Å². The highest BCUT2D eigenvalue weighted by Gasteiger charge is 2.54. The fourth-order valence-electron chi connectivity index (χ4n) is 3.46. The number of thioether (sulfide) groups is 1. The maximum absolute atomic E-state index is 12.6. The fraction of sp³-hybridized carbons (Fsp3) is 0.500. The van der Waals surface area contributed by atoms with Crippen LogP contribution in [0.3, 0.4) is 0 Å². The Hall–Kier alpha value is -2.93. The molecule has 0 saturated carbocycles. The number of nitrogens with one attached hydrogen (secondary N) is 1. The Morgan fingerprint density at radius 1 is 1.40 bits per heavy atom. The molecule has 0 aromatic rings. The summed E-state index contributed by atoms with van der Waals surface area (Å²) in [5.74, 6) is 0.693. The number of carboxylic acid groups (broad SMARTS) is 1. The molecule has 30 heavy (non-hydrogen) atoms. The van der Waals surface area contributed by atoms with Crippen LogP contribution < -0.4 is 5.32 Å². The van der Waals surface area contributed by atoms with E-state index >= 15 is 0 Å². The number of amides is 3. The van der Waals surface area contributed by atoms with Crippen molar-refractivity contribution < 1.29 is 29.0 Å². The van der Waals surface area contributed by atoms with E-state index in [2.05, 4.69) is 11.2 Å². The van der Waals surface area contributed by atoms with Crippen LogP contribution in [0.1, 0.15) is 27.2 Å². The number of rotatable bonds is 4. The summed E-state index contributed by atoms with van der Waals surface area (Å²) in [6, 6.07) is -0.868. The smallest absolute Gasteiger partial charge is 0.408 e. The van der Waals surface area contributed by atoms with Crippen molar-refractivity contribution in [3.8, 4) is 12.3 Å². The minimum atomic E-state index is -1.26. The number of aliphatic carboxylic acids is 1. The minimum absolute atomic E-state index is 0.165. The largest absolute Gasteiger partial charge is 0.477 e. The Morgan fingerprint density at radius 2 is 2.10 bits per heavy atom. The van der Waals surface area contributed by atoms with Crippen LogP contribution in [0, 0.1) is 12.3 Å². The van der Waals surface area contributed by atoms with Gasteiger partial charge in [-0.15, -0.1) is 18.2 Å². The summed E-state index contributed by atoms with van der Waals surface area (Å²) >= 11 is 1.32. The maximum Gasteiger partial charge on any atom is 0.408 e. The SMILES string of the molecule is C#CCN1CC/C(=C\C2=C(C(=O)O)N3C(=O)[C@@H](NC(=O)OC(C)(C)C)[C@H]3SC2)C1=O. The van der Waals surface area contributed by atoms with Crippen molar-refractivity contribution in [2.24, 2.45) is 0 Å². The summed E-state index contributed by atoms with van der Waals surface area (Å²) in [6.45, 7) is 5.79. The van der Waals surface area contributed by atoms with Gasteiger partial charge >= 0.3 is 12.1 Å². The number of allylic oxidation sites excluding steroid dienone is 1. The molecule has 0 spiro atoms. The third kappa shape index (κ3) is 4.16. The Morgan fingerprint density at radius 3 is 2.70 bits per heavy atom. The van der Waals surface area contributed by atoms with Crippen LogP contribution in [0.4, 0.5) is 4.79 Å². The van der Waals surface area contributed by atoms with Crippen molar-refractivity contribution >= 4 is 35.6 Å². The molecule has 0 bridgehead atoms. The molecule has 0 unspecified atom stereocenters. The van der Waals surface area contributed by atoms with Crippen LogP contribution in [-0.4, -0.2) is 74.6 Å². The molecule has 2 N–H and O–H groups in total. The summed E-state index contributed by atoms with van der Waals surface area (Å²) < 4.78 is 5.17. The zero-order valence-electron chi connectivity index (χ0n) is 16.9. The molecule has 3 aliphatic heterocycles. The average Bonchev–Trinajstić information content (AvgIpc) is 2.98. The van der Waals surface area contributed by atoms with Crippen molar-refractivity contribution in [2.75, 3.05) is 18.8 Å². The molecule has 3 aliphatic rings. The summed E-state index contributed by atoms with van der Waals surface area (Å²) in [6.07, 6.45) is 6.54. The van der Waals surface area contributed by atoms with Gasteiger partial charge in [-0.3, -0.25) is 14.5 Å². The quantitative estimate of drug-likeness (QED) is 0.385. The third-order valence-electron chi connectivity index (χ3n) is 4.72. The van der Waals surface area contributed by atoms with Crippen LogP contribution in [0.15, 0.2) is 22.9 Å². The summed E-state index contributed by atoms with van der Waals surface area (Å²) in [7, 11) is 0. The van der Waals surface area contributed by atoms with Gasteiger partial charge in [0.15, 0.2) is 0 Å². The van der Waals surface area contributed by atoms with Crippen LogP contribution in [0.5, 0.6) is 0 Å². The van der Waals surface area contributed by atoms with Crippen molar-refractivity contribution in [2.45, 2.75) is 44.2 Å². The molecule has 3 amide bonds. The van der Waals surface area contributed by atoms with Crippen LogP contribution in [-0.2, 0) is 19.1 Å². The maximum atomic E-state index is 12.6. The molecule has 160 valence electrons. The standard InChI is InChI=1S/C20H23N3O6S/c1-5-7-22-8-6-11(15(22)24)9-12-10-30-17-13(21-19(28)29-20(2,3)4)16(25)23(17)14(12)18(26)27/h1,9,13,17H,6-8,10H2,2-4H3,(H,21,28)(H,26,27)/b11-9+/t13-,17-/m1/s1. The van der Waals surface area contributed by atoms with E-state index in [1.807, 2.05) is 0 Å².